The Kier molecular flexibility index (Phi) is 7.06. The highest BCUT2D eigenvalue weighted by atomic mass is 35.5. The van der Waals surface area contributed by atoms with Gasteiger partial charge in [-0.25, -0.2) is 0 Å². The number of hydrogen-bond donors (Lipinski definition) is 1. The van der Waals surface area contributed by atoms with Gasteiger partial charge in [-0.1, -0.05) is 60.1 Å². The van der Waals surface area contributed by atoms with E-state index in [2.05, 4.69) is 52.7 Å². The summed E-state index contributed by atoms with van der Waals surface area (Å²) >= 11 is 6.15. The SMILES string of the molecule is Cc1ccc(NC(=O)c2ccc(CN3CCC(Cc4ccccc4)CC3)cc2)cc1Cl. The van der Waals surface area contributed by atoms with Gasteiger partial charge in [0, 0.05) is 22.8 Å². The number of piperidine rings is 1. The Morgan fingerprint density at radius 2 is 1.68 bits per heavy atom. The number of aryl methyl sites for hydroxylation is 1. The molecular weight excluding hydrogens is 404 g/mol. The van der Waals surface area contributed by atoms with Crippen LogP contribution >= 0.6 is 11.6 Å². The lowest BCUT2D eigenvalue weighted by molar-refractivity contribution is 0.102. The summed E-state index contributed by atoms with van der Waals surface area (Å²) in [6, 6.07) is 24.3. The number of carbonyl (C=O) groups is 1. The zero-order chi connectivity index (χ0) is 21.6. The van der Waals surface area contributed by atoms with Crippen molar-refractivity contribution in [1.29, 1.82) is 0 Å². The van der Waals surface area contributed by atoms with Crippen molar-refractivity contribution in [2.45, 2.75) is 32.7 Å². The Hall–Kier alpha value is -2.62. The minimum atomic E-state index is -0.117. The fraction of sp³-hybridized carbons (Fsp3) is 0.296. The van der Waals surface area contributed by atoms with Gasteiger partial charge in [0.15, 0.2) is 0 Å². The van der Waals surface area contributed by atoms with Crippen LogP contribution in [-0.4, -0.2) is 23.9 Å². The second-order valence-corrected chi connectivity index (χ2v) is 8.93. The van der Waals surface area contributed by atoms with Crippen molar-refractivity contribution in [3.05, 3.63) is 100 Å². The van der Waals surface area contributed by atoms with Gasteiger partial charge >= 0.3 is 0 Å². The summed E-state index contributed by atoms with van der Waals surface area (Å²) in [4.78, 5) is 15.1. The van der Waals surface area contributed by atoms with Gasteiger partial charge in [0.1, 0.15) is 0 Å². The second kappa shape index (κ2) is 10.1. The van der Waals surface area contributed by atoms with E-state index in [4.69, 9.17) is 11.6 Å². The Morgan fingerprint density at radius 3 is 2.35 bits per heavy atom. The zero-order valence-electron chi connectivity index (χ0n) is 18.0. The summed E-state index contributed by atoms with van der Waals surface area (Å²) in [5.74, 6) is 0.660. The van der Waals surface area contributed by atoms with Gasteiger partial charge in [-0.15, -0.1) is 0 Å². The first-order chi connectivity index (χ1) is 15.1. The van der Waals surface area contributed by atoms with Crippen LogP contribution in [0.3, 0.4) is 0 Å². The molecule has 0 radical (unpaired) electrons. The standard InChI is InChI=1S/C27H29ClN2O/c1-20-7-12-25(18-26(20)28)29-27(31)24-10-8-23(9-11-24)19-30-15-13-22(14-16-30)17-21-5-3-2-4-6-21/h2-12,18,22H,13-17,19H2,1H3,(H,29,31). The number of nitrogens with zero attached hydrogens (tertiary/aromatic N) is 1. The molecule has 160 valence electrons. The summed E-state index contributed by atoms with van der Waals surface area (Å²) in [5, 5.41) is 3.57. The van der Waals surface area contributed by atoms with Gasteiger partial charge in [0.05, 0.1) is 0 Å². The molecule has 1 heterocycles. The van der Waals surface area contributed by atoms with Crippen LogP contribution in [0.2, 0.25) is 5.02 Å². The van der Waals surface area contributed by atoms with Gasteiger partial charge < -0.3 is 5.32 Å². The molecular formula is C27H29ClN2O. The molecule has 1 aliphatic heterocycles. The molecule has 0 aliphatic carbocycles. The molecule has 1 fully saturated rings. The van der Waals surface area contributed by atoms with Crippen molar-refractivity contribution in [3.63, 3.8) is 0 Å². The molecule has 1 N–H and O–H groups in total. The first kappa shape index (κ1) is 21.6. The van der Waals surface area contributed by atoms with Crippen LogP contribution in [0.5, 0.6) is 0 Å². The monoisotopic (exact) mass is 432 g/mol. The number of amides is 1. The lowest BCUT2D eigenvalue weighted by atomic mass is 9.90. The first-order valence-corrected chi connectivity index (χ1v) is 11.4. The predicted octanol–water partition coefficient (Wildman–Crippen LogP) is 6.36. The molecule has 0 spiro atoms. The molecule has 0 aromatic heterocycles. The molecule has 1 amide bonds. The van der Waals surface area contributed by atoms with E-state index in [1.807, 2.05) is 31.2 Å². The highest BCUT2D eigenvalue weighted by molar-refractivity contribution is 6.31. The molecule has 0 bridgehead atoms. The van der Waals surface area contributed by atoms with Crippen LogP contribution in [0, 0.1) is 12.8 Å². The van der Waals surface area contributed by atoms with E-state index in [9.17, 15) is 4.79 Å². The molecule has 0 unspecified atom stereocenters. The van der Waals surface area contributed by atoms with Crippen molar-refractivity contribution in [1.82, 2.24) is 4.90 Å². The van der Waals surface area contributed by atoms with Crippen LogP contribution in [0.25, 0.3) is 0 Å². The Balaban J connectivity index is 1.27. The number of rotatable bonds is 6. The van der Waals surface area contributed by atoms with E-state index in [-0.39, 0.29) is 5.91 Å². The summed E-state index contributed by atoms with van der Waals surface area (Å²) in [5.41, 5.74) is 5.05. The number of carbonyl (C=O) groups excluding carboxylic acids is 1. The Labute approximate surface area is 190 Å². The lowest BCUT2D eigenvalue weighted by Crippen LogP contribution is -2.33. The molecule has 1 aliphatic rings. The minimum absolute atomic E-state index is 0.117. The fourth-order valence-corrected chi connectivity index (χ4v) is 4.37. The highest BCUT2D eigenvalue weighted by Crippen LogP contribution is 2.23. The maximum absolute atomic E-state index is 12.5. The fourth-order valence-electron chi connectivity index (χ4n) is 4.19. The van der Waals surface area contributed by atoms with Crippen LogP contribution < -0.4 is 5.32 Å². The third kappa shape index (κ3) is 5.96. The summed E-state index contributed by atoms with van der Waals surface area (Å²) in [6.07, 6.45) is 3.67. The van der Waals surface area contributed by atoms with Gasteiger partial charge in [0.25, 0.3) is 5.91 Å². The number of hydrogen-bond acceptors (Lipinski definition) is 2. The summed E-state index contributed by atoms with van der Waals surface area (Å²) in [6.45, 7) is 5.15. The molecule has 3 nitrogen and oxygen atoms in total. The molecule has 3 aromatic rings. The average Bonchev–Trinajstić information content (AvgIpc) is 2.79. The number of nitrogens with one attached hydrogen (secondary N) is 1. The van der Waals surface area contributed by atoms with Crippen LogP contribution in [0.15, 0.2) is 72.8 Å². The second-order valence-electron chi connectivity index (χ2n) is 8.52. The minimum Gasteiger partial charge on any atom is -0.322 e. The lowest BCUT2D eigenvalue weighted by Gasteiger charge is -2.32. The molecule has 4 heteroatoms. The van der Waals surface area contributed by atoms with E-state index < -0.39 is 0 Å². The topological polar surface area (TPSA) is 32.3 Å². The Morgan fingerprint density at radius 1 is 0.968 bits per heavy atom. The van der Waals surface area contributed by atoms with Crippen molar-refractivity contribution < 1.29 is 4.79 Å². The summed E-state index contributed by atoms with van der Waals surface area (Å²) < 4.78 is 0. The maximum atomic E-state index is 12.5. The van der Waals surface area contributed by atoms with Gasteiger partial charge in [-0.05, 0) is 86.1 Å². The van der Waals surface area contributed by atoms with Crippen molar-refractivity contribution in [2.24, 2.45) is 5.92 Å². The van der Waals surface area contributed by atoms with Crippen LogP contribution in [0.4, 0.5) is 5.69 Å². The van der Waals surface area contributed by atoms with Gasteiger partial charge in [-0.3, -0.25) is 9.69 Å². The maximum Gasteiger partial charge on any atom is 0.255 e. The molecule has 3 aromatic carbocycles. The van der Waals surface area contributed by atoms with Crippen molar-refractivity contribution >= 4 is 23.2 Å². The van der Waals surface area contributed by atoms with E-state index >= 15 is 0 Å². The van der Waals surface area contributed by atoms with E-state index in [1.165, 1.54) is 30.4 Å². The third-order valence-corrected chi connectivity index (χ3v) is 6.53. The Bertz CT molecular complexity index is 1010. The molecule has 0 atom stereocenters. The van der Waals surface area contributed by atoms with Crippen LogP contribution in [-0.2, 0) is 13.0 Å². The van der Waals surface area contributed by atoms with E-state index in [0.29, 0.717) is 16.3 Å². The number of likely N-dealkylation sites (tertiary alicyclic amines) is 1. The van der Waals surface area contributed by atoms with E-state index in [1.54, 1.807) is 6.07 Å². The molecule has 1 saturated heterocycles. The summed E-state index contributed by atoms with van der Waals surface area (Å²) in [7, 11) is 0. The first-order valence-electron chi connectivity index (χ1n) is 11.0. The quantitative estimate of drug-likeness (QED) is 0.491. The normalized spacial score (nSPS) is 15.0. The van der Waals surface area contributed by atoms with Gasteiger partial charge in [-0.2, -0.15) is 0 Å². The third-order valence-electron chi connectivity index (χ3n) is 6.13. The van der Waals surface area contributed by atoms with Gasteiger partial charge in [0.2, 0.25) is 0 Å². The average molecular weight is 433 g/mol. The van der Waals surface area contributed by atoms with Crippen molar-refractivity contribution in [2.75, 3.05) is 18.4 Å². The number of halogens is 1. The predicted molar refractivity (Wildman–Crippen MR) is 129 cm³/mol. The molecule has 31 heavy (non-hydrogen) atoms. The number of anilines is 1. The molecule has 0 saturated carbocycles. The highest BCUT2D eigenvalue weighted by Gasteiger charge is 2.19. The van der Waals surface area contributed by atoms with Crippen LogP contribution in [0.1, 0.15) is 39.9 Å². The number of benzene rings is 3. The molecule has 4 rings (SSSR count). The largest absolute Gasteiger partial charge is 0.322 e. The van der Waals surface area contributed by atoms with Crippen molar-refractivity contribution in [3.8, 4) is 0 Å². The smallest absolute Gasteiger partial charge is 0.255 e. The zero-order valence-corrected chi connectivity index (χ0v) is 18.7. The van der Waals surface area contributed by atoms with E-state index in [0.717, 1.165) is 31.1 Å².